The number of alkyl halides is 3. The van der Waals surface area contributed by atoms with Crippen LogP contribution in [0.1, 0.15) is 22.2 Å². The molecule has 0 fully saturated rings. The Bertz CT molecular complexity index is 1280. The Kier molecular flexibility index (Phi) is 6.51. The van der Waals surface area contributed by atoms with Crippen LogP contribution in [0, 0.1) is 5.82 Å². The summed E-state index contributed by atoms with van der Waals surface area (Å²) in [6, 6.07) is 8.06. The van der Waals surface area contributed by atoms with Gasteiger partial charge in [-0.25, -0.2) is 14.2 Å². The quantitative estimate of drug-likeness (QED) is 0.397. The second-order valence-corrected chi connectivity index (χ2v) is 8.67. The molecule has 1 aromatic carbocycles. The van der Waals surface area contributed by atoms with Crippen LogP contribution in [-0.2, 0) is 22.3 Å². The summed E-state index contributed by atoms with van der Waals surface area (Å²) in [6.07, 6.45) is -2.14. The summed E-state index contributed by atoms with van der Waals surface area (Å²) in [7, 11) is 0. The second-order valence-electron chi connectivity index (χ2n) is 7.50. The molecule has 0 radical (unpaired) electrons. The Morgan fingerprint density at radius 3 is 2.56 bits per heavy atom. The van der Waals surface area contributed by atoms with Crippen molar-refractivity contribution in [2.75, 3.05) is 18.0 Å². The van der Waals surface area contributed by atoms with Crippen LogP contribution in [0.3, 0.4) is 0 Å². The summed E-state index contributed by atoms with van der Waals surface area (Å²) >= 11 is 0.550. The first-order valence-corrected chi connectivity index (χ1v) is 10.9. The number of nitrogens with zero attached hydrogens (tertiary/aromatic N) is 4. The molecule has 0 aliphatic carbocycles. The molecular weight excluding hydrogens is 476 g/mol. The number of halogens is 4. The van der Waals surface area contributed by atoms with Crippen LogP contribution in [0.5, 0.6) is 0 Å². The average molecular weight is 494 g/mol. The summed E-state index contributed by atoms with van der Waals surface area (Å²) in [5.41, 5.74) is 0.708. The van der Waals surface area contributed by atoms with E-state index in [9.17, 15) is 27.2 Å². The van der Waals surface area contributed by atoms with Crippen LogP contribution in [0.2, 0.25) is 0 Å². The molecule has 0 N–H and O–H groups in total. The number of carbonyl (C=O) groups is 1. The van der Waals surface area contributed by atoms with Crippen molar-refractivity contribution in [3.8, 4) is 0 Å². The maximum Gasteiger partial charge on any atom is 0.425 e. The summed E-state index contributed by atoms with van der Waals surface area (Å²) in [5, 5.41) is 0. The zero-order chi connectivity index (χ0) is 24.5. The molecule has 12 heteroatoms. The van der Waals surface area contributed by atoms with Crippen LogP contribution in [0.25, 0.3) is 5.57 Å². The van der Waals surface area contributed by atoms with Gasteiger partial charge in [0.2, 0.25) is 5.95 Å². The van der Waals surface area contributed by atoms with E-state index in [1.165, 1.54) is 31.5 Å². The van der Waals surface area contributed by atoms with Gasteiger partial charge >= 0.3 is 17.8 Å². The van der Waals surface area contributed by atoms with Crippen LogP contribution in [-0.4, -0.2) is 39.7 Å². The molecule has 3 aromatic rings. The van der Waals surface area contributed by atoms with Crippen LogP contribution in [0.4, 0.5) is 23.5 Å². The van der Waals surface area contributed by atoms with Gasteiger partial charge in [0.1, 0.15) is 23.1 Å². The number of rotatable bonds is 5. The Balaban J connectivity index is 1.54. The number of hydrogen-bond acceptors (Lipinski definition) is 7. The first kappa shape index (κ1) is 23.6. The molecule has 1 aliphatic rings. The highest BCUT2D eigenvalue weighted by Gasteiger charge is 2.32. The Labute approximate surface area is 195 Å². The van der Waals surface area contributed by atoms with Gasteiger partial charge < -0.3 is 9.64 Å². The van der Waals surface area contributed by atoms with Crippen molar-refractivity contribution in [1.82, 2.24) is 14.5 Å². The van der Waals surface area contributed by atoms with Gasteiger partial charge in [-0.3, -0.25) is 9.36 Å². The van der Waals surface area contributed by atoms with Gasteiger partial charge in [-0.2, -0.15) is 18.2 Å². The number of anilines is 1. The Hall–Kier alpha value is -3.54. The van der Waals surface area contributed by atoms with Gasteiger partial charge in [0.25, 0.3) is 0 Å². The van der Waals surface area contributed by atoms with Gasteiger partial charge in [0.05, 0.1) is 13.1 Å². The number of thiophene rings is 1. The fraction of sp³-hybridized carbons (Fsp3) is 0.273. The third kappa shape index (κ3) is 5.33. The van der Waals surface area contributed by atoms with E-state index in [0.29, 0.717) is 33.9 Å². The monoisotopic (exact) mass is 494 g/mol. The highest BCUT2D eigenvalue weighted by atomic mass is 32.1. The molecule has 4 rings (SSSR count). The van der Waals surface area contributed by atoms with Gasteiger partial charge in [-0.15, -0.1) is 11.3 Å². The molecule has 34 heavy (non-hydrogen) atoms. The van der Waals surface area contributed by atoms with E-state index < -0.39 is 34.6 Å². The normalized spacial score (nSPS) is 16.3. The third-order valence-electron chi connectivity index (χ3n) is 5.05. The molecule has 0 saturated heterocycles. The van der Waals surface area contributed by atoms with Crippen LogP contribution in [0.15, 0.2) is 53.6 Å². The predicted molar refractivity (Wildman–Crippen MR) is 117 cm³/mol. The molecule has 178 valence electrons. The predicted octanol–water partition coefficient (Wildman–Crippen LogP) is 3.74. The molecule has 0 amide bonds. The Morgan fingerprint density at radius 2 is 1.94 bits per heavy atom. The third-order valence-corrected chi connectivity index (χ3v) is 6.17. The molecule has 1 atom stereocenters. The Morgan fingerprint density at radius 1 is 1.21 bits per heavy atom. The zero-order valence-corrected chi connectivity index (χ0v) is 18.6. The van der Waals surface area contributed by atoms with Crippen molar-refractivity contribution < 1.29 is 27.1 Å². The molecule has 3 heterocycles. The molecule has 0 saturated carbocycles. The van der Waals surface area contributed by atoms with E-state index in [1.807, 2.05) is 0 Å². The molecule has 1 unspecified atom stereocenters. The van der Waals surface area contributed by atoms with E-state index in [2.05, 4.69) is 9.97 Å². The maximum atomic E-state index is 13.3. The van der Waals surface area contributed by atoms with Crippen molar-refractivity contribution >= 4 is 28.8 Å². The standard InChI is InChI=1S/C22H18F4N4O3S/c1-13(31)33-18-11-29(9-8-17(18)14-2-4-15(23)5-3-14)20-27-12-30(21(32)28-20)10-16-6-7-19(34-16)22(24,25)26/h2-8,12,18H,9-11H2,1H3. The van der Waals surface area contributed by atoms with Crippen LogP contribution >= 0.6 is 11.3 Å². The molecule has 1 aliphatic heterocycles. The van der Waals surface area contributed by atoms with Crippen molar-refractivity contribution in [1.29, 1.82) is 0 Å². The minimum Gasteiger partial charge on any atom is -0.456 e. The minimum atomic E-state index is -4.44. The number of esters is 1. The van der Waals surface area contributed by atoms with Gasteiger partial charge in [0.15, 0.2) is 0 Å². The summed E-state index contributed by atoms with van der Waals surface area (Å²) in [4.78, 5) is 33.5. The van der Waals surface area contributed by atoms with Gasteiger partial charge in [-0.05, 0) is 35.4 Å². The molecule has 0 spiro atoms. The van der Waals surface area contributed by atoms with E-state index >= 15 is 0 Å². The van der Waals surface area contributed by atoms with E-state index in [-0.39, 0.29) is 19.0 Å². The van der Waals surface area contributed by atoms with Crippen LogP contribution < -0.4 is 10.6 Å². The summed E-state index contributed by atoms with van der Waals surface area (Å²) in [5.74, 6) is -0.808. The van der Waals surface area contributed by atoms with E-state index in [4.69, 9.17) is 4.74 Å². The number of benzene rings is 1. The lowest BCUT2D eigenvalue weighted by Crippen LogP contribution is -2.41. The first-order chi connectivity index (χ1) is 16.1. The lowest BCUT2D eigenvalue weighted by molar-refractivity contribution is -0.143. The smallest absolute Gasteiger partial charge is 0.425 e. The van der Waals surface area contributed by atoms with Crippen molar-refractivity contribution in [3.05, 3.63) is 80.4 Å². The fourth-order valence-electron chi connectivity index (χ4n) is 3.52. The van der Waals surface area contributed by atoms with Crippen molar-refractivity contribution in [3.63, 3.8) is 0 Å². The molecule has 2 aromatic heterocycles. The first-order valence-electron chi connectivity index (χ1n) is 10.1. The lowest BCUT2D eigenvalue weighted by Gasteiger charge is -2.32. The van der Waals surface area contributed by atoms with E-state index in [0.717, 1.165) is 10.6 Å². The SMILES string of the molecule is CC(=O)OC1CN(c2ncn(Cc3ccc(C(F)(F)F)s3)c(=O)n2)CC=C1c1ccc(F)cc1. The fourth-order valence-corrected chi connectivity index (χ4v) is 4.39. The highest BCUT2D eigenvalue weighted by Crippen LogP contribution is 2.34. The molecule has 0 bridgehead atoms. The minimum absolute atomic E-state index is 0.0926. The lowest BCUT2D eigenvalue weighted by atomic mass is 9.97. The topological polar surface area (TPSA) is 77.3 Å². The molecular formula is C22H18F4N4O3S. The van der Waals surface area contributed by atoms with Crippen molar-refractivity contribution in [2.45, 2.75) is 25.7 Å². The highest BCUT2D eigenvalue weighted by molar-refractivity contribution is 7.12. The largest absolute Gasteiger partial charge is 0.456 e. The van der Waals surface area contributed by atoms with Gasteiger partial charge in [0, 0.05) is 18.3 Å². The number of ether oxygens (including phenoxy) is 1. The van der Waals surface area contributed by atoms with E-state index in [1.54, 1.807) is 23.1 Å². The average Bonchev–Trinajstić information content (AvgIpc) is 3.25. The summed E-state index contributed by atoms with van der Waals surface area (Å²) in [6.45, 7) is 1.64. The van der Waals surface area contributed by atoms with Crippen molar-refractivity contribution in [2.24, 2.45) is 0 Å². The second kappa shape index (κ2) is 9.37. The number of hydrogen-bond donors (Lipinski definition) is 0. The number of aromatic nitrogens is 3. The van der Waals surface area contributed by atoms with Gasteiger partial charge in [-0.1, -0.05) is 18.2 Å². The zero-order valence-electron chi connectivity index (χ0n) is 17.8. The molecule has 7 nitrogen and oxygen atoms in total. The maximum absolute atomic E-state index is 13.3. The number of carbonyl (C=O) groups excluding carboxylic acids is 1. The summed E-state index contributed by atoms with van der Waals surface area (Å²) < 4.78 is 58.2.